The van der Waals surface area contributed by atoms with Crippen molar-refractivity contribution in [2.45, 2.75) is 0 Å². The van der Waals surface area contributed by atoms with Crippen LogP contribution in [0.1, 0.15) is 16.1 Å². The van der Waals surface area contributed by atoms with E-state index in [1.165, 1.54) is 24.5 Å². The first-order valence-corrected chi connectivity index (χ1v) is 11.4. The summed E-state index contributed by atoms with van der Waals surface area (Å²) in [4.78, 5) is 19.4. The highest BCUT2D eigenvalue weighted by atomic mass is 35.5. The molecule has 1 aliphatic rings. The van der Waals surface area contributed by atoms with Crippen LogP contribution in [0.5, 0.6) is 5.75 Å². The van der Waals surface area contributed by atoms with Gasteiger partial charge in [0.2, 0.25) is 0 Å². The minimum absolute atomic E-state index is 0. The fourth-order valence-electron chi connectivity index (χ4n) is 4.21. The molecule has 3 N–H and O–H groups in total. The molecule has 2 aromatic heterocycles. The Morgan fingerprint density at radius 1 is 1.11 bits per heavy atom. The number of aromatic hydroxyl groups is 1. The number of halogens is 2. The summed E-state index contributed by atoms with van der Waals surface area (Å²) in [6, 6.07) is 18.7. The van der Waals surface area contributed by atoms with Crippen LogP contribution in [0.25, 0.3) is 22.4 Å². The van der Waals surface area contributed by atoms with Crippen molar-refractivity contribution in [3.05, 3.63) is 84.1 Å². The standard InChI is InChI=1S/C27H22FN5O3.ClH/c28-22-7-2-6-19(25(22)34)23-15-20(17-4-1-5-18(14-17)33-11-9-30-10-12-33)21(16-29)26(31-23)32-27(35)24-8-3-13-36-24;/h1-8,13-15,30,34H,9-12H2,(H,31,32,35);1H. The zero-order chi connectivity index (χ0) is 25.1. The van der Waals surface area contributed by atoms with E-state index in [1.54, 1.807) is 12.1 Å². The van der Waals surface area contributed by atoms with E-state index in [1.807, 2.05) is 24.3 Å². The Morgan fingerprint density at radius 2 is 1.89 bits per heavy atom. The topological polar surface area (TPSA) is 114 Å². The number of hydrogen-bond donors (Lipinski definition) is 3. The predicted octanol–water partition coefficient (Wildman–Crippen LogP) is 4.81. The second-order valence-corrected chi connectivity index (χ2v) is 8.25. The first-order chi connectivity index (χ1) is 17.5. The van der Waals surface area contributed by atoms with Gasteiger partial charge in [-0.15, -0.1) is 12.4 Å². The molecule has 1 aliphatic heterocycles. The van der Waals surface area contributed by atoms with Gasteiger partial charge in [-0.25, -0.2) is 9.37 Å². The molecular weight excluding hydrogens is 497 g/mol. The van der Waals surface area contributed by atoms with E-state index < -0.39 is 17.5 Å². The smallest absolute Gasteiger partial charge is 0.292 e. The molecule has 37 heavy (non-hydrogen) atoms. The molecule has 1 amide bonds. The first-order valence-electron chi connectivity index (χ1n) is 11.4. The third-order valence-electron chi connectivity index (χ3n) is 6.01. The summed E-state index contributed by atoms with van der Waals surface area (Å²) in [6.07, 6.45) is 1.36. The summed E-state index contributed by atoms with van der Waals surface area (Å²) in [7, 11) is 0. The molecule has 0 spiro atoms. The van der Waals surface area contributed by atoms with Gasteiger partial charge >= 0.3 is 0 Å². The summed E-state index contributed by atoms with van der Waals surface area (Å²) in [5.41, 5.74) is 2.65. The van der Waals surface area contributed by atoms with Crippen molar-refractivity contribution in [3.8, 4) is 34.2 Å². The van der Waals surface area contributed by atoms with E-state index in [0.29, 0.717) is 5.56 Å². The second kappa shape index (κ2) is 11.1. The number of rotatable bonds is 5. The van der Waals surface area contributed by atoms with Crippen molar-refractivity contribution in [1.29, 1.82) is 5.26 Å². The largest absolute Gasteiger partial charge is 0.504 e. The maximum atomic E-state index is 14.2. The van der Waals surface area contributed by atoms with Crippen LogP contribution < -0.4 is 15.5 Å². The van der Waals surface area contributed by atoms with E-state index in [0.717, 1.165) is 43.5 Å². The summed E-state index contributed by atoms with van der Waals surface area (Å²) >= 11 is 0. The van der Waals surface area contributed by atoms with E-state index in [9.17, 15) is 19.6 Å². The Hall–Kier alpha value is -4.39. The van der Waals surface area contributed by atoms with Crippen molar-refractivity contribution in [3.63, 3.8) is 0 Å². The number of phenolic OH excluding ortho intramolecular Hbond substituents is 1. The minimum atomic E-state index is -0.804. The maximum Gasteiger partial charge on any atom is 0.292 e. The monoisotopic (exact) mass is 519 g/mol. The number of amides is 1. The third-order valence-corrected chi connectivity index (χ3v) is 6.01. The van der Waals surface area contributed by atoms with Crippen LogP contribution in [0.3, 0.4) is 0 Å². The van der Waals surface area contributed by atoms with Crippen molar-refractivity contribution in [1.82, 2.24) is 10.3 Å². The number of pyridine rings is 1. The van der Waals surface area contributed by atoms with E-state index >= 15 is 0 Å². The highest BCUT2D eigenvalue weighted by Crippen LogP contribution is 2.37. The quantitative estimate of drug-likeness (QED) is 0.346. The number of nitrogens with zero attached hydrogens (tertiary/aromatic N) is 3. The number of para-hydroxylation sites is 1. The molecule has 0 radical (unpaired) electrons. The number of carbonyl (C=O) groups excluding carboxylic acids is 1. The van der Waals surface area contributed by atoms with Crippen LogP contribution in [0, 0.1) is 17.1 Å². The Morgan fingerprint density at radius 3 is 2.62 bits per heavy atom. The molecule has 2 aromatic carbocycles. The number of furan rings is 1. The van der Waals surface area contributed by atoms with Crippen LogP contribution in [0.15, 0.2) is 71.3 Å². The van der Waals surface area contributed by atoms with Crippen molar-refractivity contribution < 1.29 is 18.7 Å². The average molecular weight is 520 g/mol. The van der Waals surface area contributed by atoms with Crippen LogP contribution >= 0.6 is 12.4 Å². The molecule has 4 aromatic rings. The number of piperazine rings is 1. The van der Waals surface area contributed by atoms with Gasteiger partial charge in [0.25, 0.3) is 5.91 Å². The predicted molar refractivity (Wildman–Crippen MR) is 140 cm³/mol. The van der Waals surface area contributed by atoms with Crippen LogP contribution in [-0.2, 0) is 0 Å². The molecule has 8 nitrogen and oxygen atoms in total. The summed E-state index contributed by atoms with van der Waals surface area (Å²) in [6.45, 7) is 3.43. The molecule has 1 fully saturated rings. The number of aromatic nitrogens is 1. The number of nitrogens with one attached hydrogen (secondary N) is 2. The van der Waals surface area contributed by atoms with Gasteiger partial charge in [-0.3, -0.25) is 4.79 Å². The highest BCUT2D eigenvalue weighted by Gasteiger charge is 2.21. The maximum absolute atomic E-state index is 14.2. The van der Waals surface area contributed by atoms with Crippen molar-refractivity contribution in [2.75, 3.05) is 36.4 Å². The molecule has 1 saturated heterocycles. The number of nitriles is 1. The third kappa shape index (κ3) is 5.26. The fraction of sp³-hybridized carbons (Fsp3) is 0.148. The Labute approximate surface area is 218 Å². The van der Waals surface area contributed by atoms with Gasteiger partial charge in [-0.1, -0.05) is 18.2 Å². The molecule has 5 rings (SSSR count). The molecule has 0 bridgehead atoms. The molecule has 0 saturated carbocycles. The van der Waals surface area contributed by atoms with Crippen LogP contribution in [0.2, 0.25) is 0 Å². The lowest BCUT2D eigenvalue weighted by atomic mass is 9.97. The van der Waals surface area contributed by atoms with Gasteiger partial charge in [0.1, 0.15) is 11.6 Å². The molecular formula is C27H23ClFN5O3. The van der Waals surface area contributed by atoms with Crippen molar-refractivity contribution in [2.24, 2.45) is 0 Å². The molecule has 0 unspecified atom stereocenters. The molecule has 0 atom stereocenters. The number of carbonyl (C=O) groups is 1. The molecule has 188 valence electrons. The lowest BCUT2D eigenvalue weighted by Crippen LogP contribution is -2.43. The first kappa shape index (κ1) is 25.7. The lowest BCUT2D eigenvalue weighted by molar-refractivity contribution is 0.0996. The van der Waals surface area contributed by atoms with Crippen LogP contribution in [0.4, 0.5) is 15.9 Å². The van der Waals surface area contributed by atoms with Gasteiger partial charge in [-0.2, -0.15) is 5.26 Å². The summed E-state index contributed by atoms with van der Waals surface area (Å²) in [5.74, 6) is -1.95. The highest BCUT2D eigenvalue weighted by molar-refractivity contribution is 6.03. The zero-order valence-corrected chi connectivity index (χ0v) is 20.4. The minimum Gasteiger partial charge on any atom is -0.504 e. The normalized spacial score (nSPS) is 12.9. The second-order valence-electron chi connectivity index (χ2n) is 8.25. The molecule has 10 heteroatoms. The Kier molecular flexibility index (Phi) is 7.72. The van der Waals surface area contributed by atoms with E-state index in [2.05, 4.69) is 26.6 Å². The number of anilines is 2. The van der Waals surface area contributed by atoms with Gasteiger partial charge in [0.05, 0.1) is 12.0 Å². The van der Waals surface area contributed by atoms with Gasteiger partial charge in [0, 0.05) is 43.0 Å². The SMILES string of the molecule is Cl.N#Cc1c(-c2cccc(N3CCNCC3)c2)cc(-c2cccc(F)c2O)nc1NC(=O)c1ccco1. The summed E-state index contributed by atoms with van der Waals surface area (Å²) < 4.78 is 19.3. The zero-order valence-electron chi connectivity index (χ0n) is 19.6. The van der Waals surface area contributed by atoms with Crippen molar-refractivity contribution >= 4 is 29.8 Å². The summed E-state index contributed by atoms with van der Waals surface area (Å²) in [5, 5.41) is 26.4. The van der Waals surface area contributed by atoms with E-state index in [-0.39, 0.29) is 40.8 Å². The average Bonchev–Trinajstić information content (AvgIpc) is 3.46. The Bertz CT molecular complexity index is 1460. The number of hydrogen-bond acceptors (Lipinski definition) is 7. The Balaban J connectivity index is 0.00000320. The van der Waals surface area contributed by atoms with Gasteiger partial charge in [0.15, 0.2) is 23.1 Å². The van der Waals surface area contributed by atoms with Crippen LogP contribution in [-0.4, -0.2) is 42.2 Å². The van der Waals surface area contributed by atoms with Gasteiger partial charge in [-0.05, 0) is 48.0 Å². The molecule has 0 aliphatic carbocycles. The lowest BCUT2D eigenvalue weighted by Gasteiger charge is -2.29. The fourth-order valence-corrected chi connectivity index (χ4v) is 4.21. The molecule has 3 heterocycles. The van der Waals surface area contributed by atoms with E-state index in [4.69, 9.17) is 4.42 Å². The number of phenols is 1. The number of benzene rings is 2. The van der Waals surface area contributed by atoms with Gasteiger partial charge < -0.3 is 25.1 Å².